The van der Waals surface area contributed by atoms with E-state index >= 15 is 0 Å². The van der Waals surface area contributed by atoms with Crippen LogP contribution in [0.15, 0.2) is 43.0 Å². The lowest BCUT2D eigenvalue weighted by atomic mass is 10.3. The van der Waals surface area contributed by atoms with Gasteiger partial charge in [0.2, 0.25) is 0 Å². The van der Waals surface area contributed by atoms with E-state index in [1.54, 1.807) is 19.1 Å². The fourth-order valence-corrected chi connectivity index (χ4v) is 2.04. The second-order valence-electron chi connectivity index (χ2n) is 5.50. The summed E-state index contributed by atoms with van der Waals surface area (Å²) in [6, 6.07) is 9.17. The molecule has 0 radical (unpaired) electrons. The van der Waals surface area contributed by atoms with Gasteiger partial charge < -0.3 is 15.4 Å². The number of aromatic nitrogens is 2. The van der Waals surface area contributed by atoms with E-state index in [4.69, 9.17) is 4.74 Å². The summed E-state index contributed by atoms with van der Waals surface area (Å²) in [7, 11) is 0. The molecule has 0 aliphatic carbocycles. The molecule has 0 atom stereocenters. The molecule has 0 saturated carbocycles. The van der Waals surface area contributed by atoms with Crippen LogP contribution in [0.2, 0.25) is 0 Å². The Bertz CT molecular complexity index is 711. The van der Waals surface area contributed by atoms with E-state index < -0.39 is 0 Å². The molecule has 2 aromatic rings. The lowest BCUT2D eigenvalue weighted by molar-refractivity contribution is 0.0952. The van der Waals surface area contributed by atoms with E-state index in [9.17, 15) is 4.79 Å². The van der Waals surface area contributed by atoms with Gasteiger partial charge in [-0.25, -0.2) is 9.97 Å². The number of ether oxygens (including phenoxy) is 1. The minimum atomic E-state index is -0.260. The summed E-state index contributed by atoms with van der Waals surface area (Å²) in [5.74, 6) is 1.62. The number of carbonyl (C=O) groups excluding carboxylic acids is 1. The molecule has 0 aliphatic heterocycles. The van der Waals surface area contributed by atoms with Crippen LogP contribution in [0.1, 0.15) is 30.2 Å². The Morgan fingerprint density at radius 2 is 2.00 bits per heavy atom. The number of aryl methyl sites for hydroxylation is 1. The standard InChI is InChI=1S/C18H22N4O2/c1-5-10-19-18(23)16-11-17(21-13(4)20-16)22-14-6-8-15(9-7-14)24-12(2)3/h5-9,11-12H,1,10H2,2-4H3,(H,19,23)(H,20,21,22). The monoisotopic (exact) mass is 326 g/mol. The number of rotatable bonds is 7. The molecule has 2 N–H and O–H groups in total. The summed E-state index contributed by atoms with van der Waals surface area (Å²) in [6.45, 7) is 9.67. The number of nitrogens with zero attached hydrogens (tertiary/aromatic N) is 2. The molecule has 0 unspecified atom stereocenters. The van der Waals surface area contributed by atoms with Gasteiger partial charge >= 0.3 is 0 Å². The van der Waals surface area contributed by atoms with Gasteiger partial charge in [-0.2, -0.15) is 0 Å². The lowest BCUT2D eigenvalue weighted by Crippen LogP contribution is -2.24. The first-order chi connectivity index (χ1) is 11.5. The zero-order valence-corrected chi connectivity index (χ0v) is 14.2. The summed E-state index contributed by atoms with van der Waals surface area (Å²) < 4.78 is 5.61. The Morgan fingerprint density at radius 3 is 2.62 bits per heavy atom. The highest BCUT2D eigenvalue weighted by Gasteiger charge is 2.10. The fourth-order valence-electron chi connectivity index (χ4n) is 2.04. The van der Waals surface area contributed by atoms with Gasteiger partial charge in [-0.05, 0) is 45.0 Å². The highest BCUT2D eigenvalue weighted by Crippen LogP contribution is 2.20. The number of hydrogen-bond donors (Lipinski definition) is 2. The van der Waals surface area contributed by atoms with Crippen molar-refractivity contribution in [2.75, 3.05) is 11.9 Å². The third-order valence-electron chi connectivity index (χ3n) is 2.98. The molecular formula is C18H22N4O2. The van der Waals surface area contributed by atoms with Crippen LogP contribution in [-0.4, -0.2) is 28.5 Å². The summed E-state index contributed by atoms with van der Waals surface area (Å²) in [5.41, 5.74) is 1.16. The van der Waals surface area contributed by atoms with Crippen LogP contribution in [0.4, 0.5) is 11.5 Å². The van der Waals surface area contributed by atoms with E-state index in [0.717, 1.165) is 11.4 Å². The number of hydrogen-bond acceptors (Lipinski definition) is 5. The van der Waals surface area contributed by atoms with Crippen LogP contribution in [0.3, 0.4) is 0 Å². The zero-order valence-electron chi connectivity index (χ0n) is 14.2. The van der Waals surface area contributed by atoms with Crippen LogP contribution in [0.5, 0.6) is 5.75 Å². The summed E-state index contributed by atoms with van der Waals surface area (Å²) >= 11 is 0. The Kier molecular flexibility index (Phi) is 5.89. The maximum absolute atomic E-state index is 12.0. The largest absolute Gasteiger partial charge is 0.491 e. The van der Waals surface area contributed by atoms with Crippen molar-refractivity contribution in [2.45, 2.75) is 26.9 Å². The fraction of sp³-hybridized carbons (Fsp3) is 0.278. The van der Waals surface area contributed by atoms with Crippen molar-refractivity contribution in [3.8, 4) is 5.75 Å². The Hall–Kier alpha value is -2.89. The highest BCUT2D eigenvalue weighted by molar-refractivity contribution is 5.93. The first-order valence-electron chi connectivity index (χ1n) is 7.76. The summed E-state index contributed by atoms with van der Waals surface area (Å²) in [5, 5.41) is 5.87. The molecule has 6 nitrogen and oxygen atoms in total. The normalized spacial score (nSPS) is 10.3. The molecule has 2 rings (SSSR count). The van der Waals surface area contributed by atoms with Gasteiger partial charge in [0.25, 0.3) is 5.91 Å². The second-order valence-corrected chi connectivity index (χ2v) is 5.50. The van der Waals surface area contributed by atoms with Crippen LogP contribution in [-0.2, 0) is 0 Å². The first-order valence-corrected chi connectivity index (χ1v) is 7.76. The Balaban J connectivity index is 2.13. The predicted octanol–water partition coefficient (Wildman–Crippen LogP) is 3.23. The van der Waals surface area contributed by atoms with Crippen molar-refractivity contribution in [2.24, 2.45) is 0 Å². The quantitative estimate of drug-likeness (QED) is 0.764. The predicted molar refractivity (Wildman–Crippen MR) is 94.8 cm³/mol. The summed E-state index contributed by atoms with van der Waals surface area (Å²) in [6.07, 6.45) is 1.75. The first kappa shape index (κ1) is 17.5. The molecule has 0 bridgehead atoms. The molecule has 1 heterocycles. The molecule has 24 heavy (non-hydrogen) atoms. The van der Waals surface area contributed by atoms with E-state index in [1.165, 1.54) is 0 Å². The van der Waals surface area contributed by atoms with Crippen LogP contribution < -0.4 is 15.4 Å². The van der Waals surface area contributed by atoms with Crippen LogP contribution >= 0.6 is 0 Å². The molecule has 0 fully saturated rings. The van der Waals surface area contributed by atoms with Crippen molar-refractivity contribution in [1.29, 1.82) is 0 Å². The molecule has 6 heteroatoms. The molecule has 1 aromatic carbocycles. The molecular weight excluding hydrogens is 304 g/mol. The minimum absolute atomic E-state index is 0.130. The molecule has 0 aliphatic rings. The minimum Gasteiger partial charge on any atom is -0.491 e. The van der Waals surface area contributed by atoms with Crippen molar-refractivity contribution in [3.05, 3.63) is 54.5 Å². The van der Waals surface area contributed by atoms with Gasteiger partial charge in [0.1, 0.15) is 23.1 Å². The molecule has 1 amide bonds. The van der Waals surface area contributed by atoms with Crippen LogP contribution in [0.25, 0.3) is 0 Å². The van der Waals surface area contributed by atoms with Crippen molar-refractivity contribution in [3.63, 3.8) is 0 Å². The van der Waals surface area contributed by atoms with Crippen molar-refractivity contribution in [1.82, 2.24) is 15.3 Å². The number of carbonyl (C=O) groups is 1. The van der Waals surface area contributed by atoms with Gasteiger partial charge in [0, 0.05) is 18.3 Å². The van der Waals surface area contributed by atoms with Gasteiger partial charge in [-0.3, -0.25) is 4.79 Å². The third-order valence-corrected chi connectivity index (χ3v) is 2.98. The van der Waals surface area contributed by atoms with E-state index in [2.05, 4.69) is 27.2 Å². The number of nitrogens with one attached hydrogen (secondary N) is 2. The van der Waals surface area contributed by atoms with E-state index in [0.29, 0.717) is 23.9 Å². The Labute approximate surface area is 142 Å². The van der Waals surface area contributed by atoms with Crippen LogP contribution in [0, 0.1) is 6.92 Å². The zero-order chi connectivity index (χ0) is 17.5. The smallest absolute Gasteiger partial charge is 0.270 e. The number of amides is 1. The SMILES string of the molecule is C=CCNC(=O)c1cc(Nc2ccc(OC(C)C)cc2)nc(C)n1. The third kappa shape index (κ3) is 5.08. The average molecular weight is 326 g/mol. The van der Waals surface area contributed by atoms with E-state index in [-0.39, 0.29) is 12.0 Å². The number of anilines is 2. The maximum Gasteiger partial charge on any atom is 0.270 e. The number of benzene rings is 1. The van der Waals surface area contributed by atoms with Gasteiger partial charge in [-0.1, -0.05) is 6.08 Å². The lowest BCUT2D eigenvalue weighted by Gasteiger charge is -2.11. The molecule has 0 spiro atoms. The second kappa shape index (κ2) is 8.10. The van der Waals surface area contributed by atoms with Gasteiger partial charge in [0.15, 0.2) is 0 Å². The maximum atomic E-state index is 12.0. The molecule has 1 aromatic heterocycles. The van der Waals surface area contributed by atoms with Gasteiger partial charge in [-0.15, -0.1) is 6.58 Å². The molecule has 126 valence electrons. The average Bonchev–Trinajstić information content (AvgIpc) is 2.53. The molecule has 0 saturated heterocycles. The van der Waals surface area contributed by atoms with Crippen molar-refractivity contribution >= 4 is 17.4 Å². The highest BCUT2D eigenvalue weighted by atomic mass is 16.5. The Morgan fingerprint density at radius 1 is 1.29 bits per heavy atom. The van der Waals surface area contributed by atoms with Crippen molar-refractivity contribution < 1.29 is 9.53 Å². The van der Waals surface area contributed by atoms with E-state index in [1.807, 2.05) is 38.1 Å². The summed E-state index contributed by atoms with van der Waals surface area (Å²) in [4.78, 5) is 20.5. The van der Waals surface area contributed by atoms with Gasteiger partial charge in [0.05, 0.1) is 6.10 Å². The topological polar surface area (TPSA) is 76.1 Å².